The van der Waals surface area contributed by atoms with Gasteiger partial charge >= 0.3 is 0 Å². The van der Waals surface area contributed by atoms with Gasteiger partial charge in [-0.3, -0.25) is 4.98 Å². The van der Waals surface area contributed by atoms with Crippen molar-refractivity contribution in [1.29, 1.82) is 0 Å². The summed E-state index contributed by atoms with van der Waals surface area (Å²) in [5.74, 6) is 1.90. The van der Waals surface area contributed by atoms with Gasteiger partial charge in [-0.1, -0.05) is 13.0 Å². The van der Waals surface area contributed by atoms with Crippen molar-refractivity contribution in [3.05, 3.63) is 42.0 Å². The Hall–Kier alpha value is -2.17. The Morgan fingerprint density at radius 2 is 2.10 bits per heavy atom. The molecule has 0 bridgehead atoms. The van der Waals surface area contributed by atoms with Crippen molar-refractivity contribution >= 4 is 11.6 Å². The second-order valence-corrected chi connectivity index (χ2v) is 4.63. The maximum Gasteiger partial charge on any atom is 0.137 e. The van der Waals surface area contributed by atoms with Gasteiger partial charge in [-0.15, -0.1) is 0 Å². The minimum Gasteiger partial charge on any atom is -0.370 e. The molecule has 0 fully saturated rings. The topological polar surface area (TPSA) is 53.9 Å². The van der Waals surface area contributed by atoms with Gasteiger partial charge < -0.3 is 10.2 Å². The number of anilines is 2. The van der Waals surface area contributed by atoms with Gasteiger partial charge in [0.15, 0.2) is 0 Å². The van der Waals surface area contributed by atoms with Crippen molar-refractivity contribution in [1.82, 2.24) is 15.0 Å². The minimum absolute atomic E-state index is 0.781. The van der Waals surface area contributed by atoms with E-state index >= 15 is 0 Å². The highest BCUT2D eigenvalue weighted by atomic mass is 15.2. The number of hydrogen-bond donors (Lipinski definition) is 1. The smallest absolute Gasteiger partial charge is 0.137 e. The van der Waals surface area contributed by atoms with Gasteiger partial charge in [0.1, 0.15) is 18.0 Å². The van der Waals surface area contributed by atoms with Crippen molar-refractivity contribution in [2.45, 2.75) is 26.8 Å². The van der Waals surface area contributed by atoms with Crippen LogP contribution in [-0.2, 0) is 13.0 Å². The van der Waals surface area contributed by atoms with E-state index in [1.165, 1.54) is 5.56 Å². The van der Waals surface area contributed by atoms with Crippen LogP contribution in [0.1, 0.15) is 25.0 Å². The summed E-state index contributed by atoms with van der Waals surface area (Å²) in [7, 11) is 2.05. The highest BCUT2D eigenvalue weighted by Gasteiger charge is 2.13. The largest absolute Gasteiger partial charge is 0.370 e. The maximum atomic E-state index is 4.44. The van der Waals surface area contributed by atoms with Crippen LogP contribution in [0.15, 0.2) is 30.9 Å². The van der Waals surface area contributed by atoms with E-state index in [1.54, 1.807) is 12.5 Å². The molecule has 1 N–H and O–H groups in total. The van der Waals surface area contributed by atoms with Crippen LogP contribution < -0.4 is 10.2 Å². The second-order valence-electron chi connectivity index (χ2n) is 4.63. The van der Waals surface area contributed by atoms with E-state index in [4.69, 9.17) is 0 Å². The average molecular weight is 271 g/mol. The predicted octanol–water partition coefficient (Wildman–Crippen LogP) is 2.50. The highest BCUT2D eigenvalue weighted by molar-refractivity contribution is 5.58. The lowest BCUT2D eigenvalue weighted by Gasteiger charge is -2.22. The molecule has 0 saturated carbocycles. The van der Waals surface area contributed by atoms with E-state index in [0.717, 1.165) is 36.7 Å². The third-order valence-corrected chi connectivity index (χ3v) is 3.12. The van der Waals surface area contributed by atoms with Crippen molar-refractivity contribution < 1.29 is 0 Å². The van der Waals surface area contributed by atoms with Gasteiger partial charge in [0.2, 0.25) is 0 Å². The first kappa shape index (κ1) is 14.2. The summed E-state index contributed by atoms with van der Waals surface area (Å²) < 4.78 is 0. The summed E-state index contributed by atoms with van der Waals surface area (Å²) in [6.07, 6.45) is 6.19. The number of nitrogens with one attached hydrogen (secondary N) is 1. The highest BCUT2D eigenvalue weighted by Crippen LogP contribution is 2.24. The summed E-state index contributed by atoms with van der Waals surface area (Å²) in [5, 5.41) is 3.30. The van der Waals surface area contributed by atoms with Crippen LogP contribution >= 0.6 is 0 Å². The predicted molar refractivity (Wildman–Crippen MR) is 81.9 cm³/mol. The number of nitrogens with zero attached hydrogens (tertiary/aromatic N) is 4. The Morgan fingerprint density at radius 1 is 1.25 bits per heavy atom. The van der Waals surface area contributed by atoms with Gasteiger partial charge in [-0.2, -0.15) is 0 Å². The molecule has 2 aromatic rings. The number of hydrogen-bond acceptors (Lipinski definition) is 5. The van der Waals surface area contributed by atoms with E-state index in [2.05, 4.69) is 45.1 Å². The summed E-state index contributed by atoms with van der Waals surface area (Å²) in [6, 6.07) is 4.02. The molecule has 0 aromatic carbocycles. The second kappa shape index (κ2) is 6.84. The summed E-state index contributed by atoms with van der Waals surface area (Å²) in [5.41, 5.74) is 2.32. The van der Waals surface area contributed by atoms with Gasteiger partial charge in [-0.05, 0) is 25.0 Å². The molecule has 0 aliphatic heterocycles. The zero-order valence-electron chi connectivity index (χ0n) is 12.3. The molecule has 0 saturated heterocycles. The monoisotopic (exact) mass is 271 g/mol. The first-order valence-electron chi connectivity index (χ1n) is 6.94. The Morgan fingerprint density at radius 3 is 2.75 bits per heavy atom. The van der Waals surface area contributed by atoms with E-state index in [9.17, 15) is 0 Å². The van der Waals surface area contributed by atoms with Crippen LogP contribution in [0.4, 0.5) is 11.6 Å². The molecule has 5 heteroatoms. The van der Waals surface area contributed by atoms with Crippen molar-refractivity contribution in [3.63, 3.8) is 0 Å². The van der Waals surface area contributed by atoms with Crippen LogP contribution in [0.5, 0.6) is 0 Å². The molecule has 0 aliphatic carbocycles. The van der Waals surface area contributed by atoms with Crippen LogP contribution in [0.25, 0.3) is 0 Å². The van der Waals surface area contributed by atoms with Crippen LogP contribution in [-0.4, -0.2) is 28.5 Å². The molecule has 2 aromatic heterocycles. The van der Waals surface area contributed by atoms with Crippen molar-refractivity contribution in [3.8, 4) is 0 Å². The van der Waals surface area contributed by atoms with Crippen molar-refractivity contribution in [2.24, 2.45) is 0 Å². The third kappa shape index (κ3) is 3.23. The van der Waals surface area contributed by atoms with Crippen LogP contribution in [0.3, 0.4) is 0 Å². The molecule has 20 heavy (non-hydrogen) atoms. The molecular formula is C15H21N5. The molecule has 0 radical (unpaired) electrons. The molecule has 2 rings (SSSR count). The van der Waals surface area contributed by atoms with Gasteiger partial charge in [0, 0.05) is 38.1 Å². The Bertz CT molecular complexity index is 541. The van der Waals surface area contributed by atoms with E-state index < -0.39 is 0 Å². The molecule has 106 valence electrons. The Balaban J connectivity index is 2.25. The summed E-state index contributed by atoms with van der Waals surface area (Å²) in [4.78, 5) is 15.1. The maximum absolute atomic E-state index is 4.44. The first-order chi connectivity index (χ1) is 9.76. The van der Waals surface area contributed by atoms with Gasteiger partial charge in [0.25, 0.3) is 0 Å². The standard InChI is InChI=1S/C15H21N5/c1-4-13-14(17-5-2)18-11-19-15(13)20(3)10-12-7-6-8-16-9-12/h6-9,11H,4-5,10H2,1-3H3,(H,17,18,19). The fourth-order valence-corrected chi connectivity index (χ4v) is 2.22. The lowest BCUT2D eigenvalue weighted by atomic mass is 10.2. The zero-order valence-corrected chi connectivity index (χ0v) is 12.3. The lowest BCUT2D eigenvalue weighted by molar-refractivity contribution is 0.865. The van der Waals surface area contributed by atoms with E-state index in [-0.39, 0.29) is 0 Å². The molecule has 0 atom stereocenters. The summed E-state index contributed by atoms with van der Waals surface area (Å²) >= 11 is 0. The normalized spacial score (nSPS) is 10.3. The average Bonchev–Trinajstić information content (AvgIpc) is 2.48. The third-order valence-electron chi connectivity index (χ3n) is 3.12. The number of aromatic nitrogens is 3. The Labute approximate surface area is 120 Å². The quantitative estimate of drug-likeness (QED) is 0.875. The molecular weight excluding hydrogens is 250 g/mol. The van der Waals surface area contributed by atoms with Crippen LogP contribution in [0, 0.1) is 0 Å². The number of pyridine rings is 1. The van der Waals surface area contributed by atoms with E-state index in [0.29, 0.717) is 0 Å². The molecule has 2 heterocycles. The summed E-state index contributed by atoms with van der Waals surface area (Å²) in [6.45, 7) is 5.83. The molecule has 0 spiro atoms. The van der Waals surface area contributed by atoms with Crippen LogP contribution in [0.2, 0.25) is 0 Å². The number of rotatable bonds is 6. The first-order valence-corrected chi connectivity index (χ1v) is 6.94. The lowest BCUT2D eigenvalue weighted by Crippen LogP contribution is -2.20. The van der Waals surface area contributed by atoms with E-state index in [1.807, 2.05) is 19.3 Å². The van der Waals surface area contributed by atoms with Gasteiger partial charge in [0.05, 0.1) is 0 Å². The van der Waals surface area contributed by atoms with Gasteiger partial charge in [-0.25, -0.2) is 9.97 Å². The molecule has 0 unspecified atom stereocenters. The SMILES string of the molecule is CCNc1ncnc(N(C)Cc2cccnc2)c1CC. The fourth-order valence-electron chi connectivity index (χ4n) is 2.22. The zero-order chi connectivity index (χ0) is 14.4. The molecule has 0 amide bonds. The Kier molecular flexibility index (Phi) is 4.87. The minimum atomic E-state index is 0.781. The van der Waals surface area contributed by atoms with Crippen molar-refractivity contribution in [2.75, 3.05) is 23.8 Å². The molecule has 0 aliphatic rings. The fraction of sp³-hybridized carbons (Fsp3) is 0.400. The molecule has 5 nitrogen and oxygen atoms in total.